The van der Waals surface area contributed by atoms with Crippen LogP contribution in [0.15, 0.2) is 12.1 Å². The van der Waals surface area contributed by atoms with Crippen molar-refractivity contribution in [2.45, 2.75) is 18.9 Å². The van der Waals surface area contributed by atoms with E-state index < -0.39 is 5.60 Å². The lowest BCUT2D eigenvalue weighted by Crippen LogP contribution is -2.43. The Morgan fingerprint density at radius 1 is 1.69 bits per heavy atom. The summed E-state index contributed by atoms with van der Waals surface area (Å²) in [6.07, 6.45) is 0.580. The van der Waals surface area contributed by atoms with Gasteiger partial charge in [0.25, 0.3) is 5.91 Å². The van der Waals surface area contributed by atoms with E-state index in [-0.39, 0.29) is 12.5 Å². The van der Waals surface area contributed by atoms with Crippen LogP contribution in [0.2, 0.25) is 0 Å². The van der Waals surface area contributed by atoms with Gasteiger partial charge < -0.3 is 15.2 Å². The van der Waals surface area contributed by atoms with Gasteiger partial charge in [0, 0.05) is 24.4 Å². The molecule has 2 heterocycles. The molecule has 0 spiro atoms. The Labute approximate surface area is 98.2 Å². The van der Waals surface area contributed by atoms with Gasteiger partial charge in [0.05, 0.1) is 11.5 Å². The normalized spacial score (nSPS) is 24.6. The third-order valence-corrected chi connectivity index (χ3v) is 3.62. The van der Waals surface area contributed by atoms with Gasteiger partial charge in [-0.05, 0) is 19.1 Å². The highest BCUT2D eigenvalue weighted by Gasteiger charge is 2.32. The van der Waals surface area contributed by atoms with Gasteiger partial charge >= 0.3 is 0 Å². The van der Waals surface area contributed by atoms with Crippen molar-refractivity contribution >= 4 is 17.2 Å². The molecule has 4 nitrogen and oxygen atoms in total. The molecule has 0 saturated carbocycles. The highest BCUT2D eigenvalue weighted by Crippen LogP contribution is 2.18. The second-order valence-electron chi connectivity index (χ2n) is 4.12. The number of amides is 1. The van der Waals surface area contributed by atoms with Crippen LogP contribution in [0.4, 0.5) is 0 Å². The zero-order valence-electron chi connectivity index (χ0n) is 9.16. The molecular formula is C11H15NO3S. The highest BCUT2D eigenvalue weighted by atomic mass is 32.1. The summed E-state index contributed by atoms with van der Waals surface area (Å²) in [6, 6.07) is 3.71. The van der Waals surface area contributed by atoms with E-state index in [0.717, 1.165) is 4.88 Å². The van der Waals surface area contributed by atoms with Crippen LogP contribution in [0.1, 0.15) is 21.0 Å². The molecule has 2 rings (SSSR count). The van der Waals surface area contributed by atoms with E-state index in [1.165, 1.54) is 11.3 Å². The predicted molar refractivity (Wildman–Crippen MR) is 61.8 cm³/mol. The summed E-state index contributed by atoms with van der Waals surface area (Å²) in [6.45, 7) is 3.07. The zero-order chi connectivity index (χ0) is 11.6. The van der Waals surface area contributed by atoms with Crippen molar-refractivity contribution in [1.82, 2.24) is 5.32 Å². The molecule has 0 bridgehead atoms. The molecule has 1 aromatic heterocycles. The van der Waals surface area contributed by atoms with Gasteiger partial charge in [-0.2, -0.15) is 0 Å². The van der Waals surface area contributed by atoms with Crippen LogP contribution >= 0.6 is 11.3 Å². The molecule has 1 aliphatic heterocycles. The van der Waals surface area contributed by atoms with Gasteiger partial charge in [-0.3, -0.25) is 4.79 Å². The van der Waals surface area contributed by atoms with Gasteiger partial charge in [-0.25, -0.2) is 0 Å². The summed E-state index contributed by atoms with van der Waals surface area (Å²) >= 11 is 1.45. The van der Waals surface area contributed by atoms with Crippen LogP contribution in [0, 0.1) is 6.92 Å². The van der Waals surface area contributed by atoms with Gasteiger partial charge in [-0.15, -0.1) is 11.3 Å². The Morgan fingerprint density at radius 3 is 3.06 bits per heavy atom. The van der Waals surface area contributed by atoms with Crippen molar-refractivity contribution in [3.63, 3.8) is 0 Å². The van der Waals surface area contributed by atoms with Crippen molar-refractivity contribution in [3.05, 3.63) is 21.9 Å². The standard InChI is InChI=1S/C11H15NO3S/c1-8-2-3-9(16-8)10(13)12-6-11(14)4-5-15-7-11/h2-3,14H,4-7H2,1H3,(H,12,13). The van der Waals surface area contributed by atoms with E-state index in [1.807, 2.05) is 13.0 Å². The second-order valence-corrected chi connectivity index (χ2v) is 5.41. The van der Waals surface area contributed by atoms with Crippen LogP contribution < -0.4 is 5.32 Å². The second kappa shape index (κ2) is 4.53. The summed E-state index contributed by atoms with van der Waals surface area (Å²) in [5, 5.41) is 12.7. The average molecular weight is 241 g/mol. The molecule has 0 aliphatic carbocycles. The molecule has 1 fully saturated rings. The fraction of sp³-hybridized carbons (Fsp3) is 0.545. The first-order chi connectivity index (χ1) is 7.59. The third kappa shape index (κ3) is 2.61. The fourth-order valence-corrected chi connectivity index (χ4v) is 2.41. The van der Waals surface area contributed by atoms with Crippen molar-refractivity contribution in [3.8, 4) is 0 Å². The lowest BCUT2D eigenvalue weighted by Gasteiger charge is -2.20. The number of hydrogen-bond donors (Lipinski definition) is 2. The minimum atomic E-state index is -0.887. The lowest BCUT2D eigenvalue weighted by molar-refractivity contribution is 0.0265. The number of carbonyl (C=O) groups is 1. The first kappa shape index (κ1) is 11.6. The van der Waals surface area contributed by atoms with E-state index >= 15 is 0 Å². The van der Waals surface area contributed by atoms with Gasteiger partial charge in [0.2, 0.25) is 0 Å². The van der Waals surface area contributed by atoms with Crippen LogP contribution in [-0.4, -0.2) is 36.4 Å². The number of thiophene rings is 1. The summed E-state index contributed by atoms with van der Waals surface area (Å²) in [5.41, 5.74) is -0.887. The maximum atomic E-state index is 11.7. The number of carbonyl (C=O) groups excluding carboxylic acids is 1. The Morgan fingerprint density at radius 2 is 2.50 bits per heavy atom. The maximum Gasteiger partial charge on any atom is 0.261 e. The zero-order valence-corrected chi connectivity index (χ0v) is 9.97. The first-order valence-electron chi connectivity index (χ1n) is 5.24. The largest absolute Gasteiger partial charge is 0.386 e. The summed E-state index contributed by atoms with van der Waals surface area (Å²) in [5.74, 6) is -0.126. The predicted octanol–water partition coefficient (Wildman–Crippen LogP) is 0.938. The molecule has 1 aliphatic rings. The number of rotatable bonds is 3. The van der Waals surface area contributed by atoms with E-state index in [2.05, 4.69) is 5.32 Å². The molecule has 0 aromatic carbocycles. The van der Waals surface area contributed by atoms with Crippen molar-refractivity contribution < 1.29 is 14.6 Å². The molecule has 88 valence electrons. The number of hydrogen-bond acceptors (Lipinski definition) is 4. The number of nitrogens with one attached hydrogen (secondary N) is 1. The molecule has 2 N–H and O–H groups in total. The molecule has 0 radical (unpaired) electrons. The van der Waals surface area contributed by atoms with Crippen molar-refractivity contribution in [2.75, 3.05) is 19.8 Å². The average Bonchev–Trinajstić information content (AvgIpc) is 2.85. The number of aliphatic hydroxyl groups is 1. The SMILES string of the molecule is Cc1ccc(C(=O)NCC2(O)CCOC2)s1. The summed E-state index contributed by atoms with van der Waals surface area (Å²) < 4.78 is 5.10. The van der Waals surface area contributed by atoms with Crippen LogP contribution in [-0.2, 0) is 4.74 Å². The highest BCUT2D eigenvalue weighted by molar-refractivity contribution is 7.13. The maximum absolute atomic E-state index is 11.7. The molecule has 5 heteroatoms. The fourth-order valence-electron chi connectivity index (χ4n) is 1.62. The Kier molecular flexibility index (Phi) is 3.28. The third-order valence-electron chi connectivity index (χ3n) is 2.62. The smallest absolute Gasteiger partial charge is 0.261 e. The Hall–Kier alpha value is -0.910. The topological polar surface area (TPSA) is 58.6 Å². The quantitative estimate of drug-likeness (QED) is 0.828. The van der Waals surface area contributed by atoms with Crippen molar-refractivity contribution in [1.29, 1.82) is 0 Å². The monoisotopic (exact) mass is 241 g/mol. The van der Waals surface area contributed by atoms with E-state index in [4.69, 9.17) is 4.74 Å². The first-order valence-corrected chi connectivity index (χ1v) is 6.05. The Balaban J connectivity index is 1.88. The molecule has 1 amide bonds. The Bertz CT molecular complexity index is 382. The van der Waals surface area contributed by atoms with Crippen LogP contribution in [0.5, 0.6) is 0 Å². The molecule has 1 saturated heterocycles. The van der Waals surface area contributed by atoms with Gasteiger partial charge in [0.1, 0.15) is 5.60 Å². The summed E-state index contributed by atoms with van der Waals surface area (Å²) in [4.78, 5) is 13.5. The van der Waals surface area contributed by atoms with Gasteiger partial charge in [-0.1, -0.05) is 0 Å². The van der Waals surface area contributed by atoms with Crippen molar-refractivity contribution in [2.24, 2.45) is 0 Å². The molecule has 1 atom stereocenters. The van der Waals surface area contributed by atoms with Gasteiger partial charge in [0.15, 0.2) is 0 Å². The minimum Gasteiger partial charge on any atom is -0.386 e. The van der Waals surface area contributed by atoms with E-state index in [0.29, 0.717) is 24.5 Å². The minimum absolute atomic E-state index is 0.126. The molecule has 16 heavy (non-hydrogen) atoms. The molecule has 1 aromatic rings. The number of ether oxygens (including phenoxy) is 1. The summed E-state index contributed by atoms with van der Waals surface area (Å²) in [7, 11) is 0. The number of aryl methyl sites for hydroxylation is 1. The van der Waals surface area contributed by atoms with E-state index in [9.17, 15) is 9.90 Å². The van der Waals surface area contributed by atoms with Crippen LogP contribution in [0.25, 0.3) is 0 Å². The van der Waals surface area contributed by atoms with E-state index in [1.54, 1.807) is 6.07 Å². The van der Waals surface area contributed by atoms with Crippen LogP contribution in [0.3, 0.4) is 0 Å². The molecule has 1 unspecified atom stereocenters. The molecular weight excluding hydrogens is 226 g/mol. The lowest BCUT2D eigenvalue weighted by atomic mass is 10.0.